The SMILES string of the molecule is Oc1ccc2cc(OC(F)(F)F)ccc2c1F. The highest BCUT2D eigenvalue weighted by molar-refractivity contribution is 5.85. The van der Waals surface area contributed by atoms with Crippen molar-refractivity contribution in [3.63, 3.8) is 0 Å². The lowest BCUT2D eigenvalue weighted by molar-refractivity contribution is -0.274. The van der Waals surface area contributed by atoms with Gasteiger partial charge in [-0.15, -0.1) is 13.2 Å². The molecule has 2 aromatic rings. The van der Waals surface area contributed by atoms with Gasteiger partial charge in [-0.25, -0.2) is 4.39 Å². The predicted molar refractivity (Wildman–Crippen MR) is 52.3 cm³/mol. The van der Waals surface area contributed by atoms with Gasteiger partial charge in [0.15, 0.2) is 11.6 Å². The normalized spacial score (nSPS) is 11.8. The molecular formula is C11H6F4O2. The zero-order valence-corrected chi connectivity index (χ0v) is 8.25. The van der Waals surface area contributed by atoms with Crippen LogP contribution in [0.5, 0.6) is 11.5 Å². The number of hydrogen-bond acceptors (Lipinski definition) is 2. The molecule has 0 fully saturated rings. The molecule has 0 saturated heterocycles. The van der Waals surface area contributed by atoms with E-state index in [1.165, 1.54) is 6.07 Å². The van der Waals surface area contributed by atoms with Crippen molar-refractivity contribution in [1.29, 1.82) is 0 Å². The summed E-state index contributed by atoms with van der Waals surface area (Å²) in [6.07, 6.45) is -4.79. The third kappa shape index (κ3) is 2.41. The van der Waals surface area contributed by atoms with E-state index in [0.717, 1.165) is 24.3 Å². The van der Waals surface area contributed by atoms with Crippen LogP contribution in [0, 0.1) is 5.82 Å². The van der Waals surface area contributed by atoms with Crippen LogP contribution in [0.15, 0.2) is 30.3 Å². The molecule has 0 aliphatic carbocycles. The van der Waals surface area contributed by atoms with E-state index in [1.807, 2.05) is 0 Å². The average Bonchev–Trinajstić information content (AvgIpc) is 2.21. The topological polar surface area (TPSA) is 29.5 Å². The van der Waals surface area contributed by atoms with Crippen molar-refractivity contribution in [2.24, 2.45) is 0 Å². The lowest BCUT2D eigenvalue weighted by atomic mass is 10.1. The summed E-state index contributed by atoms with van der Waals surface area (Å²) in [5.74, 6) is -1.86. The highest BCUT2D eigenvalue weighted by Gasteiger charge is 2.31. The lowest BCUT2D eigenvalue weighted by Crippen LogP contribution is -2.16. The number of fused-ring (bicyclic) bond motifs is 1. The highest BCUT2D eigenvalue weighted by atomic mass is 19.4. The third-order valence-electron chi connectivity index (χ3n) is 2.14. The zero-order chi connectivity index (χ0) is 12.6. The van der Waals surface area contributed by atoms with E-state index >= 15 is 0 Å². The molecule has 0 aliphatic rings. The Balaban J connectivity index is 2.49. The van der Waals surface area contributed by atoms with Gasteiger partial charge in [-0.1, -0.05) is 6.07 Å². The van der Waals surface area contributed by atoms with Crippen LogP contribution in [0.2, 0.25) is 0 Å². The van der Waals surface area contributed by atoms with Crippen molar-refractivity contribution in [3.05, 3.63) is 36.1 Å². The summed E-state index contributed by atoms with van der Waals surface area (Å²) in [5, 5.41) is 9.32. The van der Waals surface area contributed by atoms with Crippen molar-refractivity contribution >= 4 is 10.8 Å². The zero-order valence-electron chi connectivity index (χ0n) is 8.25. The molecule has 0 heterocycles. The number of halogens is 4. The molecule has 0 radical (unpaired) electrons. The summed E-state index contributed by atoms with van der Waals surface area (Å²) in [7, 11) is 0. The van der Waals surface area contributed by atoms with E-state index in [2.05, 4.69) is 4.74 Å². The average molecular weight is 246 g/mol. The van der Waals surface area contributed by atoms with Gasteiger partial charge in [0.25, 0.3) is 0 Å². The monoisotopic (exact) mass is 246 g/mol. The number of hydrogen-bond donors (Lipinski definition) is 1. The molecule has 0 amide bonds. The number of ether oxygens (including phenoxy) is 1. The summed E-state index contributed by atoms with van der Waals surface area (Å²) >= 11 is 0. The van der Waals surface area contributed by atoms with E-state index in [0.29, 0.717) is 0 Å². The molecule has 0 saturated carbocycles. The maximum atomic E-state index is 13.4. The van der Waals surface area contributed by atoms with Crippen LogP contribution in [0.3, 0.4) is 0 Å². The van der Waals surface area contributed by atoms with Crippen molar-refractivity contribution < 1.29 is 27.4 Å². The maximum absolute atomic E-state index is 13.4. The highest BCUT2D eigenvalue weighted by Crippen LogP contribution is 2.30. The Morgan fingerprint density at radius 1 is 1.06 bits per heavy atom. The number of phenolic OH excluding ortho intramolecular Hbond substituents is 1. The van der Waals surface area contributed by atoms with Crippen LogP contribution < -0.4 is 4.74 Å². The maximum Gasteiger partial charge on any atom is 0.573 e. The van der Waals surface area contributed by atoms with Gasteiger partial charge in [-0.3, -0.25) is 0 Å². The quantitative estimate of drug-likeness (QED) is 0.779. The fourth-order valence-corrected chi connectivity index (χ4v) is 1.46. The van der Waals surface area contributed by atoms with Gasteiger partial charge < -0.3 is 9.84 Å². The van der Waals surface area contributed by atoms with Gasteiger partial charge in [0.05, 0.1) is 0 Å². The van der Waals surface area contributed by atoms with Gasteiger partial charge in [-0.05, 0) is 29.7 Å². The minimum atomic E-state index is -4.79. The van der Waals surface area contributed by atoms with E-state index in [4.69, 9.17) is 5.11 Å². The fraction of sp³-hybridized carbons (Fsp3) is 0.0909. The molecule has 0 bridgehead atoms. The van der Waals surface area contributed by atoms with E-state index in [1.54, 1.807) is 0 Å². The van der Waals surface area contributed by atoms with E-state index in [9.17, 15) is 17.6 Å². The second-order valence-electron chi connectivity index (χ2n) is 3.33. The van der Waals surface area contributed by atoms with Crippen molar-refractivity contribution in [1.82, 2.24) is 0 Å². The van der Waals surface area contributed by atoms with Crippen molar-refractivity contribution in [2.75, 3.05) is 0 Å². The standard InChI is InChI=1S/C11H6F4O2/c12-10-8-3-2-7(17-11(13,14)15)5-6(8)1-4-9(10)16/h1-5,16H. The summed E-state index contributed by atoms with van der Waals surface area (Å²) < 4.78 is 52.9. The molecule has 90 valence electrons. The molecular weight excluding hydrogens is 240 g/mol. The Hall–Kier alpha value is -1.98. The molecule has 17 heavy (non-hydrogen) atoms. The van der Waals surface area contributed by atoms with Crippen LogP contribution >= 0.6 is 0 Å². The van der Waals surface area contributed by atoms with Crippen molar-refractivity contribution in [2.45, 2.75) is 6.36 Å². The van der Waals surface area contributed by atoms with Crippen LogP contribution in [0.1, 0.15) is 0 Å². The van der Waals surface area contributed by atoms with E-state index < -0.39 is 23.7 Å². The van der Waals surface area contributed by atoms with Crippen LogP contribution in [0.4, 0.5) is 17.6 Å². The Bertz CT molecular complexity index is 563. The molecule has 0 aliphatic heterocycles. The largest absolute Gasteiger partial charge is 0.573 e. The molecule has 2 nitrogen and oxygen atoms in total. The number of rotatable bonds is 1. The fourth-order valence-electron chi connectivity index (χ4n) is 1.46. The summed E-state index contributed by atoms with van der Waals surface area (Å²) in [4.78, 5) is 0. The summed E-state index contributed by atoms with van der Waals surface area (Å²) in [5.41, 5.74) is 0. The molecule has 1 N–H and O–H groups in total. The first kappa shape index (κ1) is 11.5. The third-order valence-corrected chi connectivity index (χ3v) is 2.14. The predicted octanol–water partition coefficient (Wildman–Crippen LogP) is 3.58. The van der Waals surface area contributed by atoms with Crippen molar-refractivity contribution in [3.8, 4) is 11.5 Å². The van der Waals surface area contributed by atoms with Gasteiger partial charge in [-0.2, -0.15) is 0 Å². The van der Waals surface area contributed by atoms with Crippen LogP contribution in [-0.2, 0) is 0 Å². The van der Waals surface area contributed by atoms with Gasteiger partial charge in [0.2, 0.25) is 0 Å². The number of phenols is 1. The molecule has 2 aromatic carbocycles. The Kier molecular flexibility index (Phi) is 2.57. The molecule has 0 unspecified atom stereocenters. The second-order valence-corrected chi connectivity index (χ2v) is 3.33. The number of alkyl halides is 3. The summed E-state index contributed by atoms with van der Waals surface area (Å²) in [6.45, 7) is 0. The Morgan fingerprint density at radius 2 is 1.76 bits per heavy atom. The molecule has 0 aromatic heterocycles. The first-order valence-electron chi connectivity index (χ1n) is 4.54. The molecule has 2 rings (SSSR count). The minimum Gasteiger partial charge on any atom is -0.505 e. The van der Waals surface area contributed by atoms with E-state index in [-0.39, 0.29) is 10.8 Å². The number of benzene rings is 2. The number of aromatic hydroxyl groups is 1. The molecule has 6 heteroatoms. The summed E-state index contributed by atoms with van der Waals surface area (Å²) in [6, 6.07) is 5.52. The van der Waals surface area contributed by atoms with Crippen LogP contribution in [0.25, 0.3) is 10.8 Å². The van der Waals surface area contributed by atoms with Crippen LogP contribution in [-0.4, -0.2) is 11.5 Å². The Labute approximate surface area is 93.0 Å². The van der Waals surface area contributed by atoms with Gasteiger partial charge in [0.1, 0.15) is 5.75 Å². The smallest absolute Gasteiger partial charge is 0.505 e. The lowest BCUT2D eigenvalue weighted by Gasteiger charge is -2.09. The van der Waals surface area contributed by atoms with Gasteiger partial charge in [0, 0.05) is 5.39 Å². The first-order valence-corrected chi connectivity index (χ1v) is 4.54. The molecule has 0 spiro atoms. The van der Waals surface area contributed by atoms with Gasteiger partial charge >= 0.3 is 6.36 Å². The minimum absolute atomic E-state index is 0.0273. The Morgan fingerprint density at radius 3 is 2.41 bits per heavy atom. The second kappa shape index (κ2) is 3.80. The first-order chi connectivity index (χ1) is 7.87. The molecule has 0 atom stereocenters.